The Bertz CT molecular complexity index is 598. The van der Waals surface area contributed by atoms with Gasteiger partial charge in [0, 0.05) is 0 Å². The van der Waals surface area contributed by atoms with E-state index in [0.717, 1.165) is 25.7 Å². The van der Waals surface area contributed by atoms with Crippen LogP contribution >= 0.6 is 0 Å². The van der Waals surface area contributed by atoms with Crippen LogP contribution in [0.4, 0.5) is 0 Å². The van der Waals surface area contributed by atoms with Gasteiger partial charge in [-0.15, -0.1) is 0 Å². The van der Waals surface area contributed by atoms with Gasteiger partial charge in [0.1, 0.15) is 11.1 Å². The van der Waals surface area contributed by atoms with Crippen LogP contribution in [0, 0.1) is 11.3 Å². The van der Waals surface area contributed by atoms with E-state index in [4.69, 9.17) is 14.2 Å². The van der Waals surface area contributed by atoms with Crippen molar-refractivity contribution < 1.29 is 28.6 Å². The molecule has 1 aliphatic rings. The topological polar surface area (TPSA) is 90.9 Å². The third-order valence-corrected chi connectivity index (χ3v) is 5.95. The molecule has 1 rings (SSSR count). The smallest absolute Gasteiger partial charge is 0.326 e. The van der Waals surface area contributed by atoms with E-state index in [0.29, 0.717) is 31.7 Å². The number of hydrogen-bond acceptors (Lipinski definition) is 7. The Hall–Kier alpha value is -1.63. The highest BCUT2D eigenvalue weighted by Gasteiger charge is 2.49. The predicted molar refractivity (Wildman–Crippen MR) is 124 cm³/mol. The second-order valence-electron chi connectivity index (χ2n) is 10.4. The fourth-order valence-electron chi connectivity index (χ4n) is 4.25. The molecule has 0 aliphatic heterocycles. The molecule has 0 bridgehead atoms. The summed E-state index contributed by atoms with van der Waals surface area (Å²) in [5.41, 5.74) is -2.75. The maximum atomic E-state index is 13.1. The van der Waals surface area contributed by atoms with Crippen LogP contribution in [0.3, 0.4) is 0 Å². The summed E-state index contributed by atoms with van der Waals surface area (Å²) in [4.78, 5) is 38.7. The normalized spacial score (nSPS) is 15.8. The van der Waals surface area contributed by atoms with Gasteiger partial charge in [0.15, 0.2) is 5.41 Å². The molecule has 7 nitrogen and oxygen atoms in total. The standard InChI is InChI=1S/C25H45NO6/c1-8-30-21(28)25(22(29)31-9-2,18-19-14-11-10-12-15-19)16-13-17-26-24(6,7)20(27)32-23(3,4)5/h19,26H,8-18H2,1-7H3. The van der Waals surface area contributed by atoms with Crippen LogP contribution in [-0.2, 0) is 28.6 Å². The Balaban J connectivity index is 2.92. The number of rotatable bonds is 12. The highest BCUT2D eigenvalue weighted by Crippen LogP contribution is 2.40. The maximum absolute atomic E-state index is 13.1. The lowest BCUT2D eigenvalue weighted by molar-refractivity contribution is -0.175. The largest absolute Gasteiger partial charge is 0.465 e. The summed E-state index contributed by atoms with van der Waals surface area (Å²) in [7, 11) is 0. The van der Waals surface area contributed by atoms with Crippen molar-refractivity contribution >= 4 is 17.9 Å². The molecular formula is C25H45NO6. The monoisotopic (exact) mass is 455 g/mol. The average molecular weight is 456 g/mol. The molecule has 0 aromatic carbocycles. The molecule has 1 saturated carbocycles. The Morgan fingerprint density at radius 1 is 0.844 bits per heavy atom. The van der Waals surface area contributed by atoms with E-state index in [1.165, 1.54) is 6.42 Å². The second kappa shape index (κ2) is 12.6. The van der Waals surface area contributed by atoms with Crippen molar-refractivity contribution in [2.24, 2.45) is 11.3 Å². The molecule has 0 atom stereocenters. The van der Waals surface area contributed by atoms with E-state index in [1.54, 1.807) is 27.7 Å². The first-order chi connectivity index (χ1) is 14.9. The van der Waals surface area contributed by atoms with Crippen LogP contribution in [-0.4, -0.2) is 48.8 Å². The van der Waals surface area contributed by atoms with Crippen LogP contribution in [0.15, 0.2) is 0 Å². The highest BCUT2D eigenvalue weighted by molar-refractivity contribution is 6.00. The summed E-state index contributed by atoms with van der Waals surface area (Å²) in [5.74, 6) is -1.01. The van der Waals surface area contributed by atoms with Gasteiger partial charge in [-0.05, 0) is 80.2 Å². The van der Waals surface area contributed by atoms with Gasteiger partial charge >= 0.3 is 17.9 Å². The Morgan fingerprint density at radius 3 is 1.84 bits per heavy atom. The first-order valence-electron chi connectivity index (χ1n) is 12.2. The van der Waals surface area contributed by atoms with Crippen LogP contribution in [0.25, 0.3) is 0 Å². The van der Waals surface area contributed by atoms with Crippen molar-refractivity contribution in [2.45, 2.75) is 111 Å². The van der Waals surface area contributed by atoms with Gasteiger partial charge in [-0.25, -0.2) is 0 Å². The minimum Gasteiger partial charge on any atom is -0.465 e. The van der Waals surface area contributed by atoms with Gasteiger partial charge in [0.25, 0.3) is 0 Å². The number of ether oxygens (including phenoxy) is 3. The van der Waals surface area contributed by atoms with E-state index >= 15 is 0 Å². The van der Waals surface area contributed by atoms with Gasteiger partial charge in [0.2, 0.25) is 0 Å². The minimum absolute atomic E-state index is 0.217. The zero-order valence-electron chi connectivity index (χ0n) is 21.3. The Morgan fingerprint density at radius 2 is 1.38 bits per heavy atom. The highest BCUT2D eigenvalue weighted by atomic mass is 16.6. The Labute approximate surface area is 194 Å². The molecule has 7 heteroatoms. The fourth-order valence-corrected chi connectivity index (χ4v) is 4.25. The van der Waals surface area contributed by atoms with Gasteiger partial charge in [-0.1, -0.05) is 32.1 Å². The van der Waals surface area contributed by atoms with Gasteiger partial charge < -0.3 is 19.5 Å². The molecule has 186 valence electrons. The van der Waals surface area contributed by atoms with Crippen molar-refractivity contribution in [1.29, 1.82) is 0 Å². The van der Waals surface area contributed by atoms with Crippen molar-refractivity contribution in [1.82, 2.24) is 5.32 Å². The van der Waals surface area contributed by atoms with E-state index in [1.807, 2.05) is 20.8 Å². The molecule has 32 heavy (non-hydrogen) atoms. The van der Waals surface area contributed by atoms with Crippen LogP contribution < -0.4 is 5.32 Å². The summed E-state index contributed by atoms with van der Waals surface area (Å²) >= 11 is 0. The molecule has 0 heterocycles. The van der Waals surface area contributed by atoms with Crippen molar-refractivity contribution in [3.8, 4) is 0 Å². The zero-order valence-corrected chi connectivity index (χ0v) is 21.3. The second-order valence-corrected chi connectivity index (χ2v) is 10.4. The average Bonchev–Trinajstić information content (AvgIpc) is 2.70. The van der Waals surface area contributed by atoms with Gasteiger partial charge in [0.05, 0.1) is 13.2 Å². The molecule has 0 aromatic rings. The maximum Gasteiger partial charge on any atom is 0.326 e. The molecular weight excluding hydrogens is 410 g/mol. The molecule has 0 saturated heterocycles. The van der Waals surface area contributed by atoms with E-state index in [2.05, 4.69) is 5.32 Å². The quantitative estimate of drug-likeness (QED) is 0.200. The third kappa shape index (κ3) is 8.72. The first-order valence-corrected chi connectivity index (χ1v) is 12.2. The molecule has 0 unspecified atom stereocenters. The number of esters is 3. The van der Waals surface area contributed by atoms with Crippen LogP contribution in [0.2, 0.25) is 0 Å². The predicted octanol–water partition coefficient (Wildman–Crippen LogP) is 4.56. The molecule has 0 amide bonds. The zero-order chi connectivity index (χ0) is 24.4. The fraction of sp³-hybridized carbons (Fsp3) is 0.880. The van der Waals surface area contributed by atoms with Crippen LogP contribution in [0.5, 0.6) is 0 Å². The Kier molecular flexibility index (Phi) is 11.2. The SMILES string of the molecule is CCOC(=O)C(CCCNC(C)(C)C(=O)OC(C)(C)C)(CC1CCCCC1)C(=O)OCC. The lowest BCUT2D eigenvalue weighted by Crippen LogP contribution is -2.50. The van der Waals surface area contributed by atoms with Gasteiger partial charge in [-0.2, -0.15) is 0 Å². The lowest BCUT2D eigenvalue weighted by Gasteiger charge is -2.34. The number of carbonyl (C=O) groups excluding carboxylic acids is 3. The number of nitrogens with one attached hydrogen (secondary N) is 1. The number of carbonyl (C=O) groups is 3. The number of hydrogen-bond donors (Lipinski definition) is 1. The summed E-state index contributed by atoms with van der Waals surface area (Å²) in [6.45, 7) is 13.4. The molecule has 1 aliphatic carbocycles. The van der Waals surface area contributed by atoms with Crippen LogP contribution in [0.1, 0.15) is 99.8 Å². The third-order valence-electron chi connectivity index (χ3n) is 5.95. The van der Waals surface area contributed by atoms with Gasteiger partial charge in [-0.3, -0.25) is 14.4 Å². The van der Waals surface area contributed by atoms with E-state index < -0.39 is 28.5 Å². The summed E-state index contributed by atoms with van der Waals surface area (Å²) < 4.78 is 16.2. The molecule has 1 N–H and O–H groups in total. The molecule has 0 spiro atoms. The summed E-state index contributed by atoms with van der Waals surface area (Å²) in [6, 6.07) is 0. The van der Waals surface area contributed by atoms with Crippen molar-refractivity contribution in [3.05, 3.63) is 0 Å². The summed E-state index contributed by atoms with van der Waals surface area (Å²) in [6.07, 6.45) is 6.78. The van der Waals surface area contributed by atoms with Crippen molar-refractivity contribution in [3.63, 3.8) is 0 Å². The van der Waals surface area contributed by atoms with Crippen molar-refractivity contribution in [2.75, 3.05) is 19.8 Å². The summed E-state index contributed by atoms with van der Waals surface area (Å²) in [5, 5.41) is 3.22. The molecule has 0 radical (unpaired) electrons. The lowest BCUT2D eigenvalue weighted by atomic mass is 9.71. The molecule has 1 fully saturated rings. The minimum atomic E-state index is -1.30. The first kappa shape index (κ1) is 28.4. The van der Waals surface area contributed by atoms with E-state index in [9.17, 15) is 14.4 Å². The van der Waals surface area contributed by atoms with E-state index in [-0.39, 0.29) is 19.2 Å². The molecule has 0 aromatic heterocycles.